The number of nitrogens with one attached hydrogen (secondary N) is 1. The predicted octanol–water partition coefficient (Wildman–Crippen LogP) is 4.21. The van der Waals surface area contributed by atoms with Crippen LogP contribution in [0.25, 0.3) is 27.8 Å². The third kappa shape index (κ3) is 4.35. The van der Waals surface area contributed by atoms with Crippen LogP contribution in [0.5, 0.6) is 0 Å². The summed E-state index contributed by atoms with van der Waals surface area (Å²) in [6.07, 6.45) is 5.09. The maximum atomic E-state index is 13.0. The number of aryl methyl sites for hydroxylation is 1. The highest BCUT2D eigenvalue weighted by molar-refractivity contribution is 7.90. The molecule has 1 amide bonds. The number of hydrogen-bond donors (Lipinski definition) is 1. The summed E-state index contributed by atoms with van der Waals surface area (Å²) >= 11 is 0. The second-order valence-electron chi connectivity index (χ2n) is 8.08. The van der Waals surface area contributed by atoms with Crippen LogP contribution in [-0.2, 0) is 22.8 Å². The smallest absolute Gasteiger partial charge is 0.343 e. The van der Waals surface area contributed by atoms with Crippen molar-refractivity contribution in [3.63, 3.8) is 0 Å². The normalized spacial score (nSPS) is 11.7. The first-order valence-corrected chi connectivity index (χ1v) is 12.9. The summed E-state index contributed by atoms with van der Waals surface area (Å²) in [7, 11) is -3.29. The zero-order valence-electron chi connectivity index (χ0n) is 19.2. The van der Waals surface area contributed by atoms with Gasteiger partial charge in [-0.05, 0) is 55.0 Å². The molecule has 0 aliphatic heterocycles. The molecule has 0 unspecified atom stereocenters. The van der Waals surface area contributed by atoms with E-state index in [9.17, 15) is 13.2 Å². The highest BCUT2D eigenvalue weighted by Gasteiger charge is 2.17. The van der Waals surface area contributed by atoms with Gasteiger partial charge >= 0.3 is 6.03 Å². The molecule has 0 spiro atoms. The van der Waals surface area contributed by atoms with Crippen LogP contribution < -0.4 is 5.32 Å². The van der Waals surface area contributed by atoms with Crippen molar-refractivity contribution < 1.29 is 17.6 Å². The van der Waals surface area contributed by atoms with Gasteiger partial charge in [0.2, 0.25) is 0 Å². The number of rotatable bonds is 6. The number of furan rings is 1. The molecular weight excluding hydrogens is 466 g/mol. The van der Waals surface area contributed by atoms with E-state index in [1.807, 2.05) is 31.2 Å². The van der Waals surface area contributed by atoms with Gasteiger partial charge in [0.15, 0.2) is 9.84 Å². The number of aromatic nitrogens is 4. The number of hydrogen-bond acceptors (Lipinski definition) is 6. The molecule has 1 N–H and O–H groups in total. The highest BCUT2D eigenvalue weighted by atomic mass is 32.2. The number of amides is 1. The number of benzene rings is 2. The first-order chi connectivity index (χ1) is 16.8. The molecule has 178 valence electrons. The van der Waals surface area contributed by atoms with Gasteiger partial charge in [-0.15, -0.1) is 0 Å². The molecule has 5 aromatic rings. The van der Waals surface area contributed by atoms with E-state index in [1.54, 1.807) is 53.5 Å². The van der Waals surface area contributed by atoms with Crippen LogP contribution in [0.4, 0.5) is 4.79 Å². The zero-order valence-corrected chi connectivity index (χ0v) is 20.0. The average molecular weight is 490 g/mol. The summed E-state index contributed by atoms with van der Waals surface area (Å²) in [5.74, 6) is 0.650. The van der Waals surface area contributed by atoms with Gasteiger partial charge in [-0.3, -0.25) is 0 Å². The summed E-state index contributed by atoms with van der Waals surface area (Å²) in [6, 6.07) is 17.5. The lowest BCUT2D eigenvalue weighted by Crippen LogP contribution is -2.28. The van der Waals surface area contributed by atoms with Gasteiger partial charge in [-0.25, -0.2) is 17.9 Å². The molecule has 3 heterocycles. The van der Waals surface area contributed by atoms with Crippen LogP contribution in [0.1, 0.15) is 18.4 Å². The second kappa shape index (κ2) is 8.88. The maximum absolute atomic E-state index is 13.0. The standard InChI is InChI=1S/C25H23N5O4S/c1-3-22-21-11-6-17(15-24(21)30(28-22)25(31)26-16-19-5-4-14-34-19)23-12-13-27-29(23)18-7-9-20(10-8-18)35(2,32)33/h4-15H,3,16H2,1-2H3,(H,26,31). The Morgan fingerprint density at radius 1 is 1.09 bits per heavy atom. The Labute approximate surface area is 201 Å². The van der Waals surface area contributed by atoms with E-state index < -0.39 is 9.84 Å². The summed E-state index contributed by atoms with van der Waals surface area (Å²) in [5, 5.41) is 12.7. The monoisotopic (exact) mass is 489 g/mol. The molecule has 3 aromatic heterocycles. The minimum absolute atomic E-state index is 0.243. The first-order valence-electron chi connectivity index (χ1n) is 11.0. The Hall–Kier alpha value is -4.18. The van der Waals surface area contributed by atoms with Crippen molar-refractivity contribution in [2.75, 3.05) is 6.26 Å². The van der Waals surface area contributed by atoms with E-state index in [0.717, 1.165) is 28.0 Å². The zero-order chi connectivity index (χ0) is 24.6. The third-order valence-corrected chi connectivity index (χ3v) is 6.86. The quantitative estimate of drug-likeness (QED) is 0.382. The topological polar surface area (TPSA) is 112 Å². The number of nitrogens with zero attached hydrogens (tertiary/aromatic N) is 4. The van der Waals surface area contributed by atoms with Crippen LogP contribution in [0.15, 0.2) is 82.4 Å². The fourth-order valence-corrected chi connectivity index (χ4v) is 4.60. The summed E-state index contributed by atoms with van der Waals surface area (Å²) in [6.45, 7) is 2.25. The molecule has 0 saturated heterocycles. The van der Waals surface area contributed by atoms with Crippen LogP contribution in [0, 0.1) is 0 Å². The van der Waals surface area contributed by atoms with Gasteiger partial charge in [0.05, 0.1) is 46.5 Å². The fraction of sp³-hybridized carbons (Fsp3) is 0.160. The van der Waals surface area contributed by atoms with Crippen molar-refractivity contribution in [2.45, 2.75) is 24.8 Å². The van der Waals surface area contributed by atoms with Gasteiger partial charge in [0.25, 0.3) is 0 Å². The Kier molecular flexibility index (Phi) is 5.73. The number of fused-ring (bicyclic) bond motifs is 1. The van der Waals surface area contributed by atoms with Crippen molar-refractivity contribution in [3.05, 3.63) is 84.6 Å². The highest BCUT2D eigenvalue weighted by Crippen LogP contribution is 2.28. The molecule has 0 bridgehead atoms. The van der Waals surface area contributed by atoms with Gasteiger partial charge in [0, 0.05) is 17.2 Å². The van der Waals surface area contributed by atoms with Gasteiger partial charge < -0.3 is 9.73 Å². The molecule has 0 fully saturated rings. The Morgan fingerprint density at radius 2 is 1.89 bits per heavy atom. The summed E-state index contributed by atoms with van der Waals surface area (Å²) in [5.41, 5.74) is 3.85. The number of carbonyl (C=O) groups excluding carboxylic acids is 1. The van der Waals surface area contributed by atoms with Crippen molar-refractivity contribution in [1.82, 2.24) is 24.9 Å². The molecule has 9 nitrogen and oxygen atoms in total. The minimum Gasteiger partial charge on any atom is -0.467 e. The van der Waals surface area contributed by atoms with E-state index in [1.165, 1.54) is 10.9 Å². The molecule has 0 atom stereocenters. The predicted molar refractivity (Wildman–Crippen MR) is 131 cm³/mol. The van der Waals surface area contributed by atoms with Crippen LogP contribution >= 0.6 is 0 Å². The van der Waals surface area contributed by atoms with Crippen molar-refractivity contribution in [3.8, 4) is 16.9 Å². The lowest BCUT2D eigenvalue weighted by atomic mass is 10.1. The van der Waals surface area contributed by atoms with Crippen molar-refractivity contribution >= 4 is 26.8 Å². The van der Waals surface area contributed by atoms with E-state index >= 15 is 0 Å². The van der Waals surface area contributed by atoms with E-state index in [2.05, 4.69) is 15.5 Å². The number of sulfone groups is 1. The minimum atomic E-state index is -3.29. The molecule has 0 saturated carbocycles. The summed E-state index contributed by atoms with van der Waals surface area (Å²) < 4.78 is 32.0. The van der Waals surface area contributed by atoms with Crippen LogP contribution in [-0.4, -0.2) is 40.3 Å². The summed E-state index contributed by atoms with van der Waals surface area (Å²) in [4.78, 5) is 13.2. The molecule has 35 heavy (non-hydrogen) atoms. The molecule has 0 radical (unpaired) electrons. The largest absolute Gasteiger partial charge is 0.467 e. The molecule has 0 aliphatic rings. The van der Waals surface area contributed by atoms with E-state index in [0.29, 0.717) is 17.7 Å². The fourth-order valence-electron chi connectivity index (χ4n) is 3.97. The average Bonchev–Trinajstić information content (AvgIpc) is 3.61. The van der Waals surface area contributed by atoms with Gasteiger partial charge in [-0.1, -0.05) is 19.1 Å². The first kappa shape index (κ1) is 22.6. The second-order valence-corrected chi connectivity index (χ2v) is 10.1. The van der Waals surface area contributed by atoms with Crippen LogP contribution in [0.2, 0.25) is 0 Å². The molecule has 10 heteroatoms. The van der Waals surface area contributed by atoms with Crippen LogP contribution in [0.3, 0.4) is 0 Å². The lowest BCUT2D eigenvalue weighted by Gasteiger charge is -2.10. The van der Waals surface area contributed by atoms with E-state index in [-0.39, 0.29) is 17.5 Å². The third-order valence-electron chi connectivity index (χ3n) is 5.73. The molecule has 5 rings (SSSR count). The molecule has 0 aliphatic carbocycles. The van der Waals surface area contributed by atoms with Crippen molar-refractivity contribution in [1.29, 1.82) is 0 Å². The molecule has 2 aromatic carbocycles. The molecular formula is C25H23N5O4S. The van der Waals surface area contributed by atoms with Crippen molar-refractivity contribution in [2.24, 2.45) is 0 Å². The van der Waals surface area contributed by atoms with Gasteiger partial charge in [0.1, 0.15) is 5.76 Å². The Balaban J connectivity index is 1.52. The number of carbonyl (C=O) groups is 1. The lowest BCUT2D eigenvalue weighted by molar-refractivity contribution is 0.239. The SMILES string of the molecule is CCc1nn(C(=O)NCc2ccco2)c2cc(-c3ccnn3-c3ccc(S(C)(=O)=O)cc3)ccc12. The maximum Gasteiger partial charge on any atom is 0.343 e. The Morgan fingerprint density at radius 3 is 2.57 bits per heavy atom. The van der Waals surface area contributed by atoms with Gasteiger partial charge in [-0.2, -0.15) is 14.9 Å². The Bertz CT molecular complexity index is 1610. The van der Waals surface area contributed by atoms with E-state index in [4.69, 9.17) is 4.42 Å².